The maximum Gasteiger partial charge on any atom is 0.475 e. The Morgan fingerprint density at radius 3 is 2.42 bits per heavy atom. The van der Waals surface area contributed by atoms with Crippen molar-refractivity contribution >= 4 is 24.8 Å². The number of aliphatic imine (C=N–C) groups is 1. The van der Waals surface area contributed by atoms with Gasteiger partial charge in [-0.15, -0.1) is 0 Å². The van der Waals surface area contributed by atoms with E-state index in [0.717, 1.165) is 0 Å². The second-order valence-electron chi connectivity index (χ2n) is 6.54. The first-order valence-electron chi connectivity index (χ1n) is 8.39. The minimum absolute atomic E-state index is 0.00804. The summed E-state index contributed by atoms with van der Waals surface area (Å²) < 4.78 is 0. The fourth-order valence-electron chi connectivity index (χ4n) is 2.40. The molecule has 0 heterocycles. The van der Waals surface area contributed by atoms with Crippen molar-refractivity contribution in [3.8, 4) is 0 Å². The van der Waals surface area contributed by atoms with Crippen molar-refractivity contribution in [2.75, 3.05) is 6.54 Å². The van der Waals surface area contributed by atoms with Crippen LogP contribution in [-0.4, -0.2) is 52.3 Å². The van der Waals surface area contributed by atoms with Crippen LogP contribution >= 0.6 is 0 Å². The second-order valence-corrected chi connectivity index (χ2v) is 6.54. The van der Waals surface area contributed by atoms with Gasteiger partial charge >= 0.3 is 7.12 Å². The van der Waals surface area contributed by atoms with Gasteiger partial charge in [-0.1, -0.05) is 19.3 Å². The third kappa shape index (κ3) is 11.4. The van der Waals surface area contributed by atoms with Gasteiger partial charge in [0.1, 0.15) is 5.78 Å². The van der Waals surface area contributed by atoms with Crippen molar-refractivity contribution in [2.24, 2.45) is 22.6 Å². The molecule has 26 heavy (non-hydrogen) atoms. The SMILES string of the molecule is CC(=O)C[C@@H](CCCN=C(N)N[N+](=O)[O-])C(=O)N[C@@H](CC(C)C)B(O)O. The second kappa shape index (κ2) is 12.2. The zero-order valence-corrected chi connectivity index (χ0v) is 15.3. The van der Waals surface area contributed by atoms with Gasteiger partial charge in [0.15, 0.2) is 5.03 Å². The molecule has 2 atom stereocenters. The van der Waals surface area contributed by atoms with E-state index in [0.29, 0.717) is 19.3 Å². The topological polar surface area (TPSA) is 180 Å². The summed E-state index contributed by atoms with van der Waals surface area (Å²) in [6.45, 7) is 5.28. The first kappa shape index (κ1) is 23.8. The molecule has 0 aliphatic carbocycles. The summed E-state index contributed by atoms with van der Waals surface area (Å²) in [6.07, 6.45) is 1.07. The highest BCUT2D eigenvalue weighted by Crippen LogP contribution is 2.14. The van der Waals surface area contributed by atoms with E-state index >= 15 is 0 Å². The first-order chi connectivity index (χ1) is 12.0. The fourth-order valence-corrected chi connectivity index (χ4v) is 2.40. The maximum atomic E-state index is 12.4. The lowest BCUT2D eigenvalue weighted by atomic mass is 9.74. The van der Waals surface area contributed by atoms with Gasteiger partial charge in [0, 0.05) is 18.9 Å². The third-order valence-electron chi connectivity index (χ3n) is 3.52. The molecule has 0 fully saturated rings. The van der Waals surface area contributed by atoms with Crippen molar-refractivity contribution in [1.82, 2.24) is 10.7 Å². The number of rotatable bonds is 12. The number of nitrogens with two attached hydrogens (primary N) is 1. The zero-order valence-electron chi connectivity index (χ0n) is 15.3. The molecule has 12 heteroatoms. The molecule has 11 nitrogen and oxygen atoms in total. The number of nitrogens with zero attached hydrogens (tertiary/aromatic N) is 2. The van der Waals surface area contributed by atoms with Gasteiger partial charge in [-0.25, -0.2) is 15.1 Å². The number of ketones is 1. The maximum absolute atomic E-state index is 12.4. The minimum atomic E-state index is -1.70. The average Bonchev–Trinajstić information content (AvgIpc) is 2.47. The van der Waals surface area contributed by atoms with Crippen molar-refractivity contribution in [3.05, 3.63) is 10.1 Å². The lowest BCUT2D eigenvalue weighted by Crippen LogP contribution is -2.49. The van der Waals surface area contributed by atoms with Gasteiger partial charge in [0.25, 0.3) is 5.96 Å². The van der Waals surface area contributed by atoms with E-state index in [9.17, 15) is 29.8 Å². The monoisotopic (exact) mass is 373 g/mol. The van der Waals surface area contributed by atoms with E-state index in [1.807, 2.05) is 13.8 Å². The summed E-state index contributed by atoms with van der Waals surface area (Å²) in [4.78, 5) is 37.8. The molecule has 0 aromatic heterocycles. The van der Waals surface area contributed by atoms with Gasteiger partial charge in [-0.2, -0.15) is 0 Å². The Hall–Kier alpha value is -2.21. The lowest BCUT2D eigenvalue weighted by Gasteiger charge is -2.23. The van der Waals surface area contributed by atoms with Gasteiger partial charge < -0.3 is 25.9 Å². The van der Waals surface area contributed by atoms with Crippen LogP contribution in [0, 0.1) is 22.0 Å². The fraction of sp³-hybridized carbons (Fsp3) is 0.786. The first-order valence-corrected chi connectivity index (χ1v) is 8.39. The number of nitro groups is 1. The van der Waals surface area contributed by atoms with Crippen LogP contribution in [0.2, 0.25) is 0 Å². The number of hydrogen-bond donors (Lipinski definition) is 5. The molecule has 6 N–H and O–H groups in total. The van der Waals surface area contributed by atoms with Crippen LogP contribution in [0.3, 0.4) is 0 Å². The Morgan fingerprint density at radius 2 is 1.96 bits per heavy atom. The van der Waals surface area contributed by atoms with Gasteiger partial charge in [0.05, 0.1) is 5.94 Å². The highest BCUT2D eigenvalue weighted by atomic mass is 16.7. The van der Waals surface area contributed by atoms with E-state index in [2.05, 4.69) is 10.3 Å². The summed E-state index contributed by atoms with van der Waals surface area (Å²) >= 11 is 0. The smallest absolute Gasteiger partial charge is 0.426 e. The number of guanidine groups is 1. The number of hydrogen-bond acceptors (Lipinski definition) is 7. The zero-order chi connectivity index (χ0) is 20.3. The van der Waals surface area contributed by atoms with Gasteiger partial charge in [0.2, 0.25) is 5.91 Å². The molecule has 0 bridgehead atoms. The summed E-state index contributed by atoms with van der Waals surface area (Å²) in [5.74, 6) is -2.30. The molecule has 0 rings (SSSR count). The Labute approximate surface area is 152 Å². The standard InChI is InChI=1S/C14H28BN5O6/c1-9(2)7-12(15(23)24)18-13(22)11(8-10(3)21)5-4-6-17-14(16)19-20(25)26/h9,11-12,23-24H,4-8H2,1-3H3,(H,18,22)(H3,16,17,19)/t11-,12+/m1/s1. The summed E-state index contributed by atoms with van der Waals surface area (Å²) in [6, 6.07) is 0. The van der Waals surface area contributed by atoms with Crippen molar-refractivity contribution in [2.45, 2.75) is 52.4 Å². The van der Waals surface area contributed by atoms with Crippen LogP contribution < -0.4 is 16.5 Å². The predicted molar refractivity (Wildman–Crippen MR) is 96.2 cm³/mol. The molecular formula is C14H28BN5O6. The summed E-state index contributed by atoms with van der Waals surface area (Å²) in [7, 11) is -1.70. The van der Waals surface area contributed by atoms with Crippen LogP contribution in [0.4, 0.5) is 0 Å². The normalized spacial score (nSPS) is 13.8. The lowest BCUT2D eigenvalue weighted by molar-refractivity contribution is -0.525. The van der Waals surface area contributed by atoms with Gasteiger partial charge in [-0.05, 0) is 32.1 Å². The van der Waals surface area contributed by atoms with Crippen LogP contribution in [0.25, 0.3) is 0 Å². The Bertz CT molecular complexity index is 514. The van der Waals surface area contributed by atoms with Crippen LogP contribution in [0.5, 0.6) is 0 Å². The van der Waals surface area contributed by atoms with E-state index in [1.54, 1.807) is 5.43 Å². The summed E-state index contributed by atoms with van der Waals surface area (Å²) in [5.41, 5.74) is 6.99. The number of carbonyl (C=O) groups excluding carboxylic acids is 2. The largest absolute Gasteiger partial charge is 0.475 e. The number of hydrazine groups is 1. The molecule has 0 aliphatic rings. The van der Waals surface area contributed by atoms with Crippen LogP contribution in [0.15, 0.2) is 4.99 Å². The average molecular weight is 373 g/mol. The third-order valence-corrected chi connectivity index (χ3v) is 3.52. The van der Waals surface area contributed by atoms with Crippen molar-refractivity contribution < 1.29 is 24.7 Å². The molecular weight excluding hydrogens is 345 g/mol. The Morgan fingerprint density at radius 1 is 1.35 bits per heavy atom. The summed E-state index contributed by atoms with van der Waals surface area (Å²) in [5, 5.41) is 30.7. The van der Waals surface area contributed by atoms with Crippen LogP contribution in [0.1, 0.15) is 46.5 Å². The molecule has 0 unspecified atom stereocenters. The molecule has 1 amide bonds. The van der Waals surface area contributed by atoms with E-state index in [1.165, 1.54) is 6.92 Å². The van der Waals surface area contributed by atoms with E-state index in [-0.39, 0.29) is 30.6 Å². The number of amides is 1. The molecule has 0 spiro atoms. The predicted octanol–water partition coefficient (Wildman–Crippen LogP) is -0.999. The van der Waals surface area contributed by atoms with Crippen LogP contribution in [-0.2, 0) is 9.59 Å². The molecule has 0 radical (unpaired) electrons. The van der Waals surface area contributed by atoms with Crippen molar-refractivity contribution in [3.63, 3.8) is 0 Å². The highest BCUT2D eigenvalue weighted by Gasteiger charge is 2.29. The van der Waals surface area contributed by atoms with E-state index < -0.39 is 29.9 Å². The molecule has 0 aromatic rings. The number of nitrogens with one attached hydrogen (secondary N) is 2. The number of Topliss-reactive ketones (excluding diaryl/α,β-unsaturated/α-hetero) is 1. The molecule has 0 saturated carbocycles. The van der Waals surface area contributed by atoms with Gasteiger partial charge in [-0.3, -0.25) is 4.79 Å². The highest BCUT2D eigenvalue weighted by molar-refractivity contribution is 6.43. The molecule has 0 aromatic carbocycles. The number of carbonyl (C=O) groups is 2. The van der Waals surface area contributed by atoms with Crippen molar-refractivity contribution in [1.29, 1.82) is 0 Å². The quantitative estimate of drug-likeness (QED) is 0.0721. The Balaban J connectivity index is 4.73. The van der Waals surface area contributed by atoms with E-state index in [4.69, 9.17) is 5.73 Å². The minimum Gasteiger partial charge on any atom is -0.426 e. The molecule has 148 valence electrons. The molecule has 0 aliphatic heterocycles. The Kier molecular flexibility index (Phi) is 11.2. The molecule has 0 saturated heterocycles.